The Balaban J connectivity index is 1.24. The molecule has 9 aromatic rings. The number of anilines is 6. The van der Waals surface area contributed by atoms with Gasteiger partial charge in [-0.1, -0.05) is 117 Å². The minimum absolute atomic E-state index is 0.122. The van der Waals surface area contributed by atoms with Crippen LogP contribution in [0.25, 0.3) is 38.6 Å². The molecular weight excluding hydrogens is 655 g/mol. The molecule has 258 valence electrons. The second kappa shape index (κ2) is 12.7. The van der Waals surface area contributed by atoms with Gasteiger partial charge in [-0.25, -0.2) is 0 Å². The first kappa shape index (κ1) is 31.9. The monoisotopic (exact) mass is 693 g/mol. The van der Waals surface area contributed by atoms with E-state index in [1.807, 2.05) is 0 Å². The molecular formula is C51H39N3. The summed E-state index contributed by atoms with van der Waals surface area (Å²) < 4.78 is 2.47. The molecule has 0 saturated heterocycles. The summed E-state index contributed by atoms with van der Waals surface area (Å²) in [6, 6.07) is 72.4. The Kier molecular flexibility index (Phi) is 7.48. The smallest absolute Gasteiger partial charge is 0.0544 e. The van der Waals surface area contributed by atoms with Crippen LogP contribution in [-0.2, 0) is 5.41 Å². The Hall–Kier alpha value is -6.84. The van der Waals surface area contributed by atoms with Crippen LogP contribution in [0, 0.1) is 0 Å². The van der Waals surface area contributed by atoms with Crippen LogP contribution in [0.3, 0.4) is 0 Å². The number of rotatable bonds is 7. The second-order valence-corrected chi connectivity index (χ2v) is 14.7. The van der Waals surface area contributed by atoms with E-state index in [9.17, 15) is 0 Å². The van der Waals surface area contributed by atoms with Crippen LogP contribution in [0.4, 0.5) is 34.1 Å². The fourth-order valence-corrected chi connectivity index (χ4v) is 8.59. The van der Waals surface area contributed by atoms with Crippen molar-refractivity contribution in [3.05, 3.63) is 211 Å². The van der Waals surface area contributed by atoms with E-state index in [0.29, 0.717) is 0 Å². The summed E-state index contributed by atoms with van der Waals surface area (Å²) in [5.41, 5.74) is 15.5. The Labute approximate surface area is 316 Å². The predicted octanol–water partition coefficient (Wildman–Crippen LogP) is 14.0. The van der Waals surface area contributed by atoms with Gasteiger partial charge < -0.3 is 14.4 Å². The van der Waals surface area contributed by atoms with Crippen molar-refractivity contribution in [1.29, 1.82) is 0 Å². The molecule has 8 aromatic carbocycles. The molecule has 1 aliphatic carbocycles. The van der Waals surface area contributed by atoms with Crippen molar-refractivity contribution >= 4 is 55.9 Å². The summed E-state index contributed by atoms with van der Waals surface area (Å²) >= 11 is 0. The maximum atomic E-state index is 2.47. The molecule has 0 N–H and O–H groups in total. The zero-order chi connectivity index (χ0) is 36.2. The van der Waals surface area contributed by atoms with Gasteiger partial charge in [0.05, 0.1) is 11.0 Å². The predicted molar refractivity (Wildman–Crippen MR) is 228 cm³/mol. The van der Waals surface area contributed by atoms with Gasteiger partial charge in [-0.05, 0) is 119 Å². The highest BCUT2D eigenvalue weighted by Crippen LogP contribution is 2.51. The third-order valence-electron chi connectivity index (χ3n) is 11.1. The van der Waals surface area contributed by atoms with Gasteiger partial charge in [0.1, 0.15) is 0 Å². The van der Waals surface area contributed by atoms with Crippen LogP contribution in [-0.4, -0.2) is 4.57 Å². The Morgan fingerprint density at radius 1 is 0.352 bits per heavy atom. The highest BCUT2D eigenvalue weighted by Gasteiger charge is 2.36. The Morgan fingerprint density at radius 2 is 0.833 bits per heavy atom. The average Bonchev–Trinajstić information content (AvgIpc) is 3.66. The number of hydrogen-bond acceptors (Lipinski definition) is 2. The molecule has 1 heterocycles. The van der Waals surface area contributed by atoms with Gasteiger partial charge in [0.15, 0.2) is 0 Å². The molecule has 0 bridgehead atoms. The lowest BCUT2D eigenvalue weighted by atomic mass is 9.82. The molecule has 0 fully saturated rings. The Morgan fingerprint density at radius 3 is 1.41 bits per heavy atom. The van der Waals surface area contributed by atoms with Crippen molar-refractivity contribution in [3.8, 4) is 16.8 Å². The normalized spacial score (nSPS) is 12.8. The minimum atomic E-state index is -0.122. The largest absolute Gasteiger partial charge is 0.310 e. The Bertz CT molecular complexity index is 2710. The molecule has 0 aliphatic heterocycles. The standard InChI is InChI=1S/C51H39N3/c1-51(2)47-29-16-15-28-43(47)44-34-46-45-33-42(53(38-22-11-5-12-23-38)39-24-13-6-14-25-39)30-31-49(45)54(50(46)35-48(44)51)41-27-17-26-40(32-41)52(36-18-7-3-8-19-36)37-20-9-4-10-21-37/h3-35H,1-2H3. The summed E-state index contributed by atoms with van der Waals surface area (Å²) in [5.74, 6) is 0. The highest BCUT2D eigenvalue weighted by molar-refractivity contribution is 6.13. The first-order valence-electron chi connectivity index (χ1n) is 18.7. The van der Waals surface area contributed by atoms with Crippen molar-refractivity contribution in [1.82, 2.24) is 4.57 Å². The molecule has 0 saturated carbocycles. The summed E-state index contributed by atoms with van der Waals surface area (Å²) in [4.78, 5) is 4.69. The van der Waals surface area contributed by atoms with E-state index in [-0.39, 0.29) is 5.41 Å². The summed E-state index contributed by atoms with van der Waals surface area (Å²) in [6.45, 7) is 4.73. The molecule has 3 heteroatoms. The quantitative estimate of drug-likeness (QED) is 0.165. The molecule has 0 atom stereocenters. The van der Waals surface area contributed by atoms with Crippen LogP contribution in [0.5, 0.6) is 0 Å². The third kappa shape index (κ3) is 5.12. The van der Waals surface area contributed by atoms with Crippen molar-refractivity contribution < 1.29 is 0 Å². The van der Waals surface area contributed by atoms with Gasteiger partial charge in [0, 0.05) is 56.0 Å². The molecule has 0 radical (unpaired) electrons. The van der Waals surface area contributed by atoms with E-state index < -0.39 is 0 Å². The molecule has 10 rings (SSSR count). The van der Waals surface area contributed by atoms with Gasteiger partial charge in [-0.2, -0.15) is 0 Å². The molecule has 0 spiro atoms. The summed E-state index contributed by atoms with van der Waals surface area (Å²) in [5, 5.41) is 2.46. The minimum Gasteiger partial charge on any atom is -0.310 e. The van der Waals surface area contributed by atoms with Crippen molar-refractivity contribution in [2.24, 2.45) is 0 Å². The number of para-hydroxylation sites is 4. The van der Waals surface area contributed by atoms with Gasteiger partial charge >= 0.3 is 0 Å². The molecule has 0 amide bonds. The number of fused-ring (bicyclic) bond motifs is 6. The summed E-state index contributed by atoms with van der Waals surface area (Å²) in [6.07, 6.45) is 0. The molecule has 1 aromatic heterocycles. The van der Waals surface area contributed by atoms with Crippen LogP contribution >= 0.6 is 0 Å². The number of benzene rings is 8. The fourth-order valence-electron chi connectivity index (χ4n) is 8.59. The topological polar surface area (TPSA) is 11.4 Å². The van der Waals surface area contributed by atoms with E-state index in [1.54, 1.807) is 0 Å². The van der Waals surface area contributed by atoms with Crippen LogP contribution in [0.2, 0.25) is 0 Å². The van der Waals surface area contributed by atoms with E-state index in [0.717, 1.165) is 39.8 Å². The lowest BCUT2D eigenvalue weighted by Crippen LogP contribution is -2.15. The SMILES string of the molecule is CC1(C)c2ccccc2-c2cc3c4cc(N(c5ccccc5)c5ccccc5)ccc4n(-c4cccc(N(c5ccccc5)c5ccccc5)c4)c3cc21. The molecule has 3 nitrogen and oxygen atoms in total. The number of nitrogens with zero attached hydrogens (tertiary/aromatic N) is 3. The first-order chi connectivity index (χ1) is 26.6. The van der Waals surface area contributed by atoms with Gasteiger partial charge in [0.25, 0.3) is 0 Å². The van der Waals surface area contributed by atoms with Crippen LogP contribution < -0.4 is 9.80 Å². The zero-order valence-electron chi connectivity index (χ0n) is 30.4. The number of hydrogen-bond donors (Lipinski definition) is 0. The lowest BCUT2D eigenvalue weighted by Gasteiger charge is -2.26. The molecule has 54 heavy (non-hydrogen) atoms. The highest BCUT2D eigenvalue weighted by atomic mass is 15.2. The maximum absolute atomic E-state index is 2.47. The summed E-state index contributed by atoms with van der Waals surface area (Å²) in [7, 11) is 0. The number of aromatic nitrogens is 1. The second-order valence-electron chi connectivity index (χ2n) is 14.7. The van der Waals surface area contributed by atoms with Crippen molar-refractivity contribution in [3.63, 3.8) is 0 Å². The van der Waals surface area contributed by atoms with Crippen LogP contribution in [0.15, 0.2) is 200 Å². The van der Waals surface area contributed by atoms with E-state index in [1.165, 1.54) is 44.1 Å². The lowest BCUT2D eigenvalue weighted by molar-refractivity contribution is 0.661. The molecule has 1 aliphatic rings. The van der Waals surface area contributed by atoms with Crippen LogP contribution in [0.1, 0.15) is 25.0 Å². The van der Waals surface area contributed by atoms with Crippen molar-refractivity contribution in [2.45, 2.75) is 19.3 Å². The van der Waals surface area contributed by atoms with Gasteiger partial charge in [-0.3, -0.25) is 0 Å². The van der Waals surface area contributed by atoms with Gasteiger partial charge in [0.2, 0.25) is 0 Å². The fraction of sp³-hybridized carbons (Fsp3) is 0.0588. The molecule has 0 unspecified atom stereocenters. The van der Waals surface area contributed by atoms with E-state index in [4.69, 9.17) is 0 Å². The van der Waals surface area contributed by atoms with E-state index >= 15 is 0 Å². The van der Waals surface area contributed by atoms with Gasteiger partial charge in [-0.15, -0.1) is 0 Å². The first-order valence-corrected chi connectivity index (χ1v) is 18.7. The van der Waals surface area contributed by atoms with Crippen molar-refractivity contribution in [2.75, 3.05) is 9.80 Å². The zero-order valence-corrected chi connectivity index (χ0v) is 30.4. The maximum Gasteiger partial charge on any atom is 0.0544 e. The third-order valence-corrected chi connectivity index (χ3v) is 11.1. The average molecular weight is 694 g/mol. The van der Waals surface area contributed by atoms with E-state index in [2.05, 4.69) is 228 Å².